The molecule has 0 amide bonds. The molecule has 0 radical (unpaired) electrons. The van der Waals surface area contributed by atoms with Gasteiger partial charge in [-0.2, -0.15) is 0 Å². The van der Waals surface area contributed by atoms with Crippen LogP contribution in [0.5, 0.6) is 0 Å². The molecule has 0 atom stereocenters. The Labute approximate surface area is 179 Å². The number of aryl methyl sites for hydroxylation is 2. The minimum atomic E-state index is -4.42. The first-order valence-electron chi connectivity index (χ1n) is 11.5. The predicted octanol–water partition coefficient (Wildman–Crippen LogP) is 5.28. The van der Waals surface area contributed by atoms with E-state index in [1.54, 1.807) is 0 Å². The maximum absolute atomic E-state index is 9.45. The maximum Gasteiger partial charge on any atom is 0.243 e. The van der Waals surface area contributed by atoms with Crippen LogP contribution < -0.4 is 4.57 Å². The van der Waals surface area contributed by atoms with Crippen LogP contribution in [0.4, 0.5) is 0 Å². The standard InChI is InChI=1S/C20H39N2.C2H6O4S/c1-3-4-5-6-7-8-9-10-11-12-13-14-15-16-17-22-19-18-21(2)20-22;1-2-6-7(3,4)5/h18-20H,3-17H2,1-2H3;2H2,1H3,(H,3,4,5)/q+1;/p-1. The van der Waals surface area contributed by atoms with E-state index in [1.165, 1.54) is 103 Å². The Balaban J connectivity index is 0.000000956. The van der Waals surface area contributed by atoms with Gasteiger partial charge < -0.3 is 4.55 Å². The van der Waals surface area contributed by atoms with Gasteiger partial charge in [0.25, 0.3) is 0 Å². The summed E-state index contributed by atoms with van der Waals surface area (Å²) >= 11 is 0. The van der Waals surface area contributed by atoms with Gasteiger partial charge in [0.2, 0.25) is 16.7 Å². The quantitative estimate of drug-likeness (QED) is 0.145. The zero-order valence-electron chi connectivity index (χ0n) is 19.0. The van der Waals surface area contributed by atoms with Crippen LogP contribution in [-0.2, 0) is 28.2 Å². The van der Waals surface area contributed by atoms with E-state index < -0.39 is 10.4 Å². The minimum absolute atomic E-state index is 0.0914. The Morgan fingerprint density at radius 2 is 1.28 bits per heavy atom. The number of imidazole rings is 1. The number of nitrogens with zero attached hydrogens (tertiary/aromatic N) is 2. The fraction of sp³-hybridized carbons (Fsp3) is 0.864. The third-order valence-corrected chi connectivity index (χ3v) is 5.38. The van der Waals surface area contributed by atoms with E-state index in [9.17, 15) is 13.0 Å². The Morgan fingerprint density at radius 1 is 0.828 bits per heavy atom. The summed E-state index contributed by atoms with van der Waals surface area (Å²) < 4.78 is 36.4. The molecule has 0 saturated carbocycles. The van der Waals surface area contributed by atoms with Crippen molar-refractivity contribution in [1.29, 1.82) is 0 Å². The lowest BCUT2D eigenvalue weighted by atomic mass is 10.0. The molecule has 0 N–H and O–H groups in total. The van der Waals surface area contributed by atoms with Gasteiger partial charge in [-0.1, -0.05) is 84.0 Å². The molecule has 0 bridgehead atoms. The second-order valence-corrected chi connectivity index (χ2v) is 8.78. The van der Waals surface area contributed by atoms with Crippen molar-refractivity contribution >= 4 is 10.4 Å². The van der Waals surface area contributed by atoms with Gasteiger partial charge in [0.05, 0.1) is 20.2 Å². The molecule has 29 heavy (non-hydrogen) atoms. The van der Waals surface area contributed by atoms with Crippen molar-refractivity contribution in [2.45, 2.75) is 110 Å². The summed E-state index contributed by atoms with van der Waals surface area (Å²) in [6.45, 7) is 4.81. The molecule has 6 nitrogen and oxygen atoms in total. The molecule has 172 valence electrons. The van der Waals surface area contributed by atoms with E-state index in [0.717, 1.165) is 0 Å². The van der Waals surface area contributed by atoms with E-state index in [1.807, 2.05) is 0 Å². The third-order valence-electron chi connectivity index (χ3n) is 4.86. The van der Waals surface area contributed by atoms with Crippen LogP contribution in [-0.4, -0.2) is 24.1 Å². The van der Waals surface area contributed by atoms with Crippen LogP contribution >= 0.6 is 0 Å². The molecular weight excluding hydrogens is 388 g/mol. The first kappa shape index (κ1) is 28.1. The van der Waals surface area contributed by atoms with Gasteiger partial charge in [0.15, 0.2) is 0 Å². The number of rotatable bonds is 17. The largest absolute Gasteiger partial charge is 0.726 e. The fourth-order valence-corrected chi connectivity index (χ4v) is 3.56. The average molecular weight is 433 g/mol. The maximum atomic E-state index is 9.45. The van der Waals surface area contributed by atoms with E-state index >= 15 is 0 Å². The molecule has 0 fully saturated rings. The molecule has 1 rings (SSSR count). The zero-order chi connectivity index (χ0) is 21.8. The number of aromatic nitrogens is 2. The second kappa shape index (κ2) is 19.1. The van der Waals surface area contributed by atoms with Crippen molar-refractivity contribution in [1.82, 2.24) is 4.57 Å². The van der Waals surface area contributed by atoms with Gasteiger partial charge in [-0.25, -0.2) is 17.6 Å². The molecular formula is C22H44N2O4S. The van der Waals surface area contributed by atoms with Gasteiger partial charge in [-0.05, 0) is 19.8 Å². The van der Waals surface area contributed by atoms with Crippen LogP contribution in [0.15, 0.2) is 18.7 Å². The monoisotopic (exact) mass is 432 g/mol. The van der Waals surface area contributed by atoms with Gasteiger partial charge in [0.1, 0.15) is 12.4 Å². The molecule has 7 heteroatoms. The highest BCUT2D eigenvalue weighted by atomic mass is 32.3. The number of hydrogen-bond donors (Lipinski definition) is 0. The molecule has 0 aliphatic carbocycles. The second-order valence-electron chi connectivity index (χ2n) is 7.73. The van der Waals surface area contributed by atoms with Crippen LogP contribution in [0, 0.1) is 0 Å². The van der Waals surface area contributed by atoms with Crippen molar-refractivity contribution in [2.75, 3.05) is 6.61 Å². The van der Waals surface area contributed by atoms with E-state index in [0.29, 0.717) is 0 Å². The lowest BCUT2D eigenvalue weighted by molar-refractivity contribution is -0.696. The Bertz CT molecular complexity index is 573. The molecule has 0 saturated heterocycles. The van der Waals surface area contributed by atoms with Crippen molar-refractivity contribution in [3.05, 3.63) is 18.7 Å². The van der Waals surface area contributed by atoms with E-state index in [2.05, 4.69) is 46.0 Å². The highest BCUT2D eigenvalue weighted by molar-refractivity contribution is 7.80. The molecule has 1 aromatic heterocycles. The van der Waals surface area contributed by atoms with Gasteiger partial charge >= 0.3 is 0 Å². The topological polar surface area (TPSA) is 75.2 Å². The van der Waals surface area contributed by atoms with Crippen molar-refractivity contribution in [2.24, 2.45) is 7.05 Å². The number of unbranched alkanes of at least 4 members (excludes halogenated alkanes) is 13. The highest BCUT2D eigenvalue weighted by Gasteiger charge is 1.99. The summed E-state index contributed by atoms with van der Waals surface area (Å²) in [5.41, 5.74) is 0. The molecule has 0 aliphatic rings. The third kappa shape index (κ3) is 21.6. The van der Waals surface area contributed by atoms with Gasteiger partial charge in [-0.3, -0.25) is 4.18 Å². The number of hydrogen-bond acceptors (Lipinski definition) is 4. The lowest BCUT2D eigenvalue weighted by Gasteiger charge is -2.03. The lowest BCUT2D eigenvalue weighted by Crippen LogP contribution is -2.30. The first-order valence-corrected chi connectivity index (χ1v) is 12.8. The van der Waals surface area contributed by atoms with Crippen LogP contribution in [0.25, 0.3) is 0 Å². The van der Waals surface area contributed by atoms with E-state index in [4.69, 9.17) is 0 Å². The van der Waals surface area contributed by atoms with Crippen molar-refractivity contribution in [3.8, 4) is 0 Å². The van der Waals surface area contributed by atoms with Crippen LogP contribution in [0.2, 0.25) is 0 Å². The summed E-state index contributed by atoms with van der Waals surface area (Å²) in [5.74, 6) is 0. The Morgan fingerprint density at radius 3 is 1.59 bits per heavy atom. The molecule has 0 spiro atoms. The summed E-state index contributed by atoms with van der Waals surface area (Å²) in [5, 5.41) is 0. The normalized spacial score (nSPS) is 11.3. The summed E-state index contributed by atoms with van der Waals surface area (Å²) in [6.07, 6.45) is 26.5. The molecule has 0 unspecified atom stereocenters. The summed E-state index contributed by atoms with van der Waals surface area (Å²) in [7, 11) is -2.34. The van der Waals surface area contributed by atoms with Crippen LogP contribution in [0.1, 0.15) is 104 Å². The molecule has 0 aliphatic heterocycles. The fourth-order valence-electron chi connectivity index (χ4n) is 3.27. The SMILES string of the molecule is CCCCCCCCCCCCCCCC[n+]1ccn(C)c1.CCOS(=O)(=O)[O-]. The first-order chi connectivity index (χ1) is 13.9. The molecule has 0 aromatic carbocycles. The summed E-state index contributed by atoms with van der Waals surface area (Å²) in [6, 6.07) is 0. The van der Waals surface area contributed by atoms with Crippen molar-refractivity contribution in [3.63, 3.8) is 0 Å². The van der Waals surface area contributed by atoms with Gasteiger partial charge in [-0.15, -0.1) is 0 Å². The van der Waals surface area contributed by atoms with E-state index in [-0.39, 0.29) is 6.61 Å². The molecule has 1 aromatic rings. The van der Waals surface area contributed by atoms with Gasteiger partial charge in [0, 0.05) is 0 Å². The van der Waals surface area contributed by atoms with Crippen LogP contribution in [0.3, 0.4) is 0 Å². The highest BCUT2D eigenvalue weighted by Crippen LogP contribution is 2.12. The minimum Gasteiger partial charge on any atom is -0.726 e. The van der Waals surface area contributed by atoms with Crippen molar-refractivity contribution < 1.29 is 21.7 Å². The Hall–Kier alpha value is -0.920. The summed E-state index contributed by atoms with van der Waals surface area (Å²) in [4.78, 5) is 0. The Kier molecular flexibility index (Phi) is 18.5. The average Bonchev–Trinajstić information content (AvgIpc) is 3.07. The zero-order valence-corrected chi connectivity index (χ0v) is 19.8. The smallest absolute Gasteiger partial charge is 0.243 e. The predicted molar refractivity (Wildman–Crippen MR) is 117 cm³/mol. The molecule has 1 heterocycles.